The molecule has 1 fully saturated rings. The van der Waals surface area contributed by atoms with Gasteiger partial charge in [0.15, 0.2) is 16.2 Å². The van der Waals surface area contributed by atoms with E-state index in [-0.39, 0.29) is 16.5 Å². The Bertz CT molecular complexity index is 1030. The topological polar surface area (TPSA) is 108 Å². The van der Waals surface area contributed by atoms with Crippen LogP contribution in [0.25, 0.3) is 11.2 Å². The van der Waals surface area contributed by atoms with Crippen LogP contribution in [0.3, 0.4) is 0 Å². The Morgan fingerprint density at radius 3 is 2.41 bits per heavy atom. The van der Waals surface area contributed by atoms with Crippen molar-refractivity contribution >= 4 is 11.2 Å². The molecule has 10 heteroatoms. The number of allylic oxidation sites excluding steroid dienone is 2. The first kappa shape index (κ1) is 18.9. The van der Waals surface area contributed by atoms with E-state index in [1.165, 1.54) is 16.6 Å². The van der Waals surface area contributed by atoms with E-state index >= 15 is 0 Å². The van der Waals surface area contributed by atoms with Crippen LogP contribution in [-0.2, 0) is 20.6 Å². The molecule has 0 unspecified atom stereocenters. The Morgan fingerprint density at radius 1 is 1.22 bits per heavy atom. The molecule has 1 aliphatic heterocycles. The molecular formula is C17H24N6O4. The monoisotopic (exact) mass is 376 g/mol. The van der Waals surface area contributed by atoms with E-state index in [0.717, 1.165) is 10.1 Å². The number of aryl methyl sites for hydroxylation is 1. The van der Waals surface area contributed by atoms with Gasteiger partial charge in [0, 0.05) is 26.6 Å². The molecule has 0 atom stereocenters. The number of imidazole rings is 1. The van der Waals surface area contributed by atoms with Crippen molar-refractivity contribution in [2.45, 2.75) is 39.2 Å². The van der Waals surface area contributed by atoms with E-state index in [9.17, 15) is 19.7 Å². The van der Waals surface area contributed by atoms with Crippen molar-refractivity contribution in [2.75, 3.05) is 13.1 Å². The molecular weight excluding hydrogens is 352 g/mol. The van der Waals surface area contributed by atoms with Crippen molar-refractivity contribution in [3.8, 4) is 0 Å². The third-order valence-corrected chi connectivity index (χ3v) is 5.13. The zero-order valence-electron chi connectivity index (χ0n) is 16.0. The Morgan fingerprint density at radius 2 is 1.85 bits per heavy atom. The molecule has 3 heterocycles. The first-order valence-electron chi connectivity index (χ1n) is 8.91. The molecule has 0 bridgehead atoms. The van der Waals surface area contributed by atoms with Crippen LogP contribution in [0.15, 0.2) is 21.2 Å². The third-order valence-electron chi connectivity index (χ3n) is 5.13. The Labute approximate surface area is 155 Å². The fourth-order valence-electron chi connectivity index (χ4n) is 3.52. The predicted molar refractivity (Wildman–Crippen MR) is 100 cm³/mol. The molecule has 0 spiro atoms. The fourth-order valence-corrected chi connectivity index (χ4v) is 3.52. The summed E-state index contributed by atoms with van der Waals surface area (Å²) in [5.41, 5.74) is 1.05. The molecule has 1 aliphatic rings. The van der Waals surface area contributed by atoms with Crippen molar-refractivity contribution in [3.63, 3.8) is 0 Å². The van der Waals surface area contributed by atoms with Gasteiger partial charge >= 0.3 is 5.69 Å². The zero-order valence-corrected chi connectivity index (χ0v) is 16.0. The van der Waals surface area contributed by atoms with Crippen molar-refractivity contribution in [1.29, 1.82) is 0 Å². The lowest BCUT2D eigenvalue weighted by atomic mass is 9.97. The number of fused-ring (bicyclic) bond motifs is 1. The van der Waals surface area contributed by atoms with Gasteiger partial charge in [0.1, 0.15) is 5.82 Å². The summed E-state index contributed by atoms with van der Waals surface area (Å²) < 4.78 is 4.32. The highest BCUT2D eigenvalue weighted by molar-refractivity contribution is 5.71. The molecule has 1 saturated heterocycles. The Hall–Kier alpha value is -2.91. The number of nitrogens with zero attached hydrogens (tertiary/aromatic N) is 6. The van der Waals surface area contributed by atoms with Gasteiger partial charge in [-0.25, -0.2) is 19.9 Å². The van der Waals surface area contributed by atoms with Crippen LogP contribution in [0.1, 0.15) is 38.4 Å². The smallest absolute Gasteiger partial charge is 0.318 e. The molecule has 0 aromatic carbocycles. The minimum atomic E-state index is -0.422. The molecule has 0 N–H and O–H groups in total. The third kappa shape index (κ3) is 3.26. The van der Waals surface area contributed by atoms with Crippen LogP contribution in [0, 0.1) is 10.1 Å². The minimum Gasteiger partial charge on any atom is -0.318 e. The van der Waals surface area contributed by atoms with Crippen molar-refractivity contribution in [1.82, 2.24) is 23.7 Å². The van der Waals surface area contributed by atoms with Crippen molar-refractivity contribution in [3.05, 3.63) is 48.4 Å². The summed E-state index contributed by atoms with van der Waals surface area (Å²) in [6, 6.07) is 0. The molecule has 0 amide bonds. The molecule has 0 aliphatic carbocycles. The number of hydrogen-bond acceptors (Lipinski definition) is 5. The lowest BCUT2D eigenvalue weighted by Crippen LogP contribution is -2.38. The standard InChI is InChI=1S/C17H24N6O4/c1-11(2)5-10-22-13-15(19(3)17(25)20(4)16(13)24)18-14(22)12-6-8-21(9-7-12)23(26)27/h5,12H,6-10H2,1-4H3. The molecule has 146 valence electrons. The second kappa shape index (κ2) is 7.01. The highest BCUT2D eigenvalue weighted by Crippen LogP contribution is 2.29. The van der Waals surface area contributed by atoms with E-state index in [2.05, 4.69) is 4.98 Å². The van der Waals surface area contributed by atoms with Crippen molar-refractivity contribution < 1.29 is 5.03 Å². The van der Waals surface area contributed by atoms with Gasteiger partial charge in [-0.1, -0.05) is 11.6 Å². The summed E-state index contributed by atoms with van der Waals surface area (Å²) in [6.07, 6.45) is 3.15. The van der Waals surface area contributed by atoms with Gasteiger partial charge in [0.05, 0.1) is 13.1 Å². The quantitative estimate of drug-likeness (QED) is 0.443. The summed E-state index contributed by atoms with van der Waals surface area (Å²) >= 11 is 0. The summed E-state index contributed by atoms with van der Waals surface area (Å²) in [4.78, 5) is 40.7. The van der Waals surface area contributed by atoms with Crippen LogP contribution < -0.4 is 11.2 Å². The summed E-state index contributed by atoms with van der Waals surface area (Å²) in [5, 5.41) is 11.8. The van der Waals surface area contributed by atoms with Crippen molar-refractivity contribution in [2.24, 2.45) is 14.1 Å². The first-order chi connectivity index (χ1) is 12.7. The maximum atomic E-state index is 12.8. The van der Waals surface area contributed by atoms with E-state index in [4.69, 9.17) is 0 Å². The highest BCUT2D eigenvalue weighted by Gasteiger charge is 2.30. The number of rotatable bonds is 4. The number of hydrazine groups is 1. The Balaban J connectivity index is 2.16. The summed E-state index contributed by atoms with van der Waals surface area (Å²) in [7, 11) is 3.05. The Kier molecular flexibility index (Phi) is 4.90. The maximum Gasteiger partial charge on any atom is 0.332 e. The van der Waals surface area contributed by atoms with E-state index in [1.54, 1.807) is 7.05 Å². The van der Waals surface area contributed by atoms with Gasteiger partial charge in [0.2, 0.25) is 0 Å². The molecule has 10 nitrogen and oxygen atoms in total. The fraction of sp³-hybridized carbons (Fsp3) is 0.588. The van der Waals surface area contributed by atoms with Crippen LogP contribution >= 0.6 is 0 Å². The van der Waals surface area contributed by atoms with Gasteiger partial charge in [-0.05, 0) is 26.7 Å². The number of piperidine rings is 1. The molecule has 0 radical (unpaired) electrons. The van der Waals surface area contributed by atoms with Gasteiger partial charge < -0.3 is 4.57 Å². The normalized spacial score (nSPS) is 15.3. The van der Waals surface area contributed by atoms with E-state index in [0.29, 0.717) is 49.5 Å². The number of hydrogen-bond donors (Lipinski definition) is 0. The summed E-state index contributed by atoms with van der Waals surface area (Å²) in [5.74, 6) is 0.711. The van der Waals surface area contributed by atoms with Crippen LogP contribution in [-0.4, -0.2) is 41.8 Å². The second-order valence-corrected chi connectivity index (χ2v) is 7.21. The number of nitro groups is 1. The average molecular weight is 376 g/mol. The largest absolute Gasteiger partial charge is 0.332 e. The van der Waals surface area contributed by atoms with Gasteiger partial charge in [-0.15, -0.1) is 5.01 Å². The highest BCUT2D eigenvalue weighted by atomic mass is 16.7. The molecule has 3 rings (SSSR count). The van der Waals surface area contributed by atoms with Gasteiger partial charge in [-0.2, -0.15) is 0 Å². The predicted octanol–water partition coefficient (Wildman–Crippen LogP) is 0.771. The molecule has 2 aromatic heterocycles. The summed E-state index contributed by atoms with van der Waals surface area (Å²) in [6.45, 7) is 5.09. The second-order valence-electron chi connectivity index (χ2n) is 7.21. The zero-order chi connectivity index (χ0) is 19.9. The minimum absolute atomic E-state index is 0.000953. The molecule has 27 heavy (non-hydrogen) atoms. The van der Waals surface area contributed by atoms with E-state index < -0.39 is 5.69 Å². The molecule has 0 saturated carbocycles. The SMILES string of the molecule is CC(C)=CCn1c(C2CCN([N+](=O)[O-])CC2)nc2c1c(=O)n(C)c(=O)n2C. The average Bonchev–Trinajstić information content (AvgIpc) is 3.02. The maximum absolute atomic E-state index is 12.8. The van der Waals surface area contributed by atoms with Crippen LogP contribution in [0.5, 0.6) is 0 Å². The first-order valence-corrected chi connectivity index (χ1v) is 8.91. The van der Waals surface area contributed by atoms with Crippen LogP contribution in [0.4, 0.5) is 0 Å². The lowest BCUT2D eigenvalue weighted by molar-refractivity contribution is -0.657. The molecule has 2 aromatic rings. The lowest BCUT2D eigenvalue weighted by Gasteiger charge is -2.26. The van der Waals surface area contributed by atoms with Crippen LogP contribution in [0.2, 0.25) is 0 Å². The number of aromatic nitrogens is 4. The van der Waals surface area contributed by atoms with Gasteiger partial charge in [-0.3, -0.25) is 13.9 Å². The van der Waals surface area contributed by atoms with Gasteiger partial charge in [0.25, 0.3) is 5.56 Å². The van der Waals surface area contributed by atoms with E-state index in [1.807, 2.05) is 24.5 Å².